The van der Waals surface area contributed by atoms with Crippen LogP contribution in [0.2, 0.25) is 0 Å². The molecular formula is C6H14Cl2N2. The maximum atomic E-state index is 3.40. The van der Waals surface area contributed by atoms with E-state index in [0.29, 0.717) is 0 Å². The van der Waals surface area contributed by atoms with Crippen LogP contribution in [0.1, 0.15) is 0 Å². The second-order valence-corrected chi connectivity index (χ2v) is 3.00. The first-order valence-electron chi connectivity index (χ1n) is 3.28. The van der Waals surface area contributed by atoms with Gasteiger partial charge in [0.25, 0.3) is 0 Å². The summed E-state index contributed by atoms with van der Waals surface area (Å²) < 4.78 is 0. The van der Waals surface area contributed by atoms with Crippen molar-refractivity contribution >= 4 is 24.8 Å². The van der Waals surface area contributed by atoms with Crippen LogP contribution in [-0.4, -0.2) is 37.6 Å². The number of rotatable bonds is 0. The van der Waals surface area contributed by atoms with Gasteiger partial charge in [-0.25, -0.2) is 0 Å². The molecule has 10 heavy (non-hydrogen) atoms. The molecule has 4 heteroatoms. The molecule has 2 atom stereocenters. The zero-order chi connectivity index (χ0) is 5.56. The molecule has 0 aliphatic carbocycles. The molecular weight excluding hydrogens is 171 g/mol. The fourth-order valence-corrected chi connectivity index (χ4v) is 1.67. The zero-order valence-corrected chi connectivity index (χ0v) is 7.67. The predicted octanol–water partition coefficient (Wildman–Crippen LogP) is 0.363. The Balaban J connectivity index is 0.000000405. The third-order valence-electron chi connectivity index (χ3n) is 2.27. The van der Waals surface area contributed by atoms with Gasteiger partial charge in [0.2, 0.25) is 0 Å². The van der Waals surface area contributed by atoms with Crippen LogP contribution in [0.15, 0.2) is 0 Å². The Morgan fingerprint density at radius 3 is 2.20 bits per heavy atom. The molecule has 0 aromatic carbocycles. The summed E-state index contributed by atoms with van der Waals surface area (Å²) >= 11 is 0. The predicted molar refractivity (Wildman–Crippen MR) is 47.3 cm³/mol. The Kier molecular flexibility index (Phi) is 3.95. The number of nitrogens with zero attached hydrogens (tertiary/aromatic N) is 1. The molecule has 0 amide bonds. The Morgan fingerprint density at radius 2 is 2.00 bits per heavy atom. The maximum Gasteiger partial charge on any atom is 0.0247 e. The van der Waals surface area contributed by atoms with Crippen molar-refractivity contribution in [2.24, 2.45) is 5.92 Å². The summed E-state index contributed by atoms with van der Waals surface area (Å²) in [6, 6.07) is 0.847. The number of fused-ring (bicyclic) bond motifs is 1. The molecule has 1 N–H and O–H groups in total. The lowest BCUT2D eigenvalue weighted by Crippen LogP contribution is -2.51. The zero-order valence-electron chi connectivity index (χ0n) is 6.04. The molecule has 2 heterocycles. The highest BCUT2D eigenvalue weighted by molar-refractivity contribution is 5.85. The van der Waals surface area contributed by atoms with Gasteiger partial charge in [-0.15, -0.1) is 24.8 Å². The molecule has 0 bridgehead atoms. The molecule has 2 saturated heterocycles. The smallest absolute Gasteiger partial charge is 0.0247 e. The van der Waals surface area contributed by atoms with E-state index in [2.05, 4.69) is 17.3 Å². The SMILES string of the molecule is CN1C[C@@H]2CN[C@H]2C1.Cl.Cl. The molecule has 2 rings (SSSR count). The van der Waals surface area contributed by atoms with Gasteiger partial charge in [-0.3, -0.25) is 0 Å². The van der Waals surface area contributed by atoms with Crippen molar-refractivity contribution in [2.45, 2.75) is 6.04 Å². The second-order valence-electron chi connectivity index (χ2n) is 3.00. The molecule has 0 saturated carbocycles. The molecule has 0 aromatic rings. The van der Waals surface area contributed by atoms with Gasteiger partial charge in [0.05, 0.1) is 0 Å². The summed E-state index contributed by atoms with van der Waals surface area (Å²) in [6.07, 6.45) is 0. The molecule has 0 radical (unpaired) electrons. The van der Waals surface area contributed by atoms with E-state index >= 15 is 0 Å². The first-order valence-corrected chi connectivity index (χ1v) is 3.28. The Labute approximate surface area is 74.2 Å². The van der Waals surface area contributed by atoms with Crippen molar-refractivity contribution in [1.29, 1.82) is 0 Å². The van der Waals surface area contributed by atoms with Gasteiger partial charge in [0.1, 0.15) is 0 Å². The number of likely N-dealkylation sites (tertiary alicyclic amines) is 1. The Hall–Kier alpha value is 0.500. The highest BCUT2D eigenvalue weighted by Crippen LogP contribution is 2.21. The standard InChI is InChI=1S/C6H12N2.2ClH/c1-8-3-5-2-7-6(5)4-8;;/h5-7H,2-4H2,1H3;2*1H/t5-,6-;;/m0../s1. The summed E-state index contributed by atoms with van der Waals surface area (Å²) in [5, 5.41) is 3.40. The Bertz CT molecular complexity index is 97.9. The summed E-state index contributed by atoms with van der Waals surface area (Å²) in [5.41, 5.74) is 0. The van der Waals surface area contributed by atoms with Crippen molar-refractivity contribution in [2.75, 3.05) is 26.7 Å². The first kappa shape index (κ1) is 10.5. The van der Waals surface area contributed by atoms with Crippen molar-refractivity contribution in [3.05, 3.63) is 0 Å². The average Bonchev–Trinajstić information content (AvgIpc) is 1.91. The van der Waals surface area contributed by atoms with E-state index in [1.54, 1.807) is 0 Å². The lowest BCUT2D eigenvalue weighted by molar-refractivity contribution is 0.297. The molecule has 2 aliphatic heterocycles. The molecule has 0 aromatic heterocycles. The quantitative estimate of drug-likeness (QED) is 0.586. The number of hydrogen-bond donors (Lipinski definition) is 1. The molecule has 2 fully saturated rings. The number of hydrogen-bond acceptors (Lipinski definition) is 2. The van der Waals surface area contributed by atoms with Crippen LogP contribution < -0.4 is 5.32 Å². The van der Waals surface area contributed by atoms with Crippen LogP contribution >= 0.6 is 24.8 Å². The fraction of sp³-hybridized carbons (Fsp3) is 1.00. The van der Waals surface area contributed by atoms with E-state index in [9.17, 15) is 0 Å². The molecule has 0 spiro atoms. The summed E-state index contributed by atoms with van der Waals surface area (Å²) in [5.74, 6) is 0.986. The first-order chi connectivity index (χ1) is 3.86. The fourth-order valence-electron chi connectivity index (χ4n) is 1.67. The third kappa shape index (κ3) is 1.56. The van der Waals surface area contributed by atoms with Gasteiger partial charge >= 0.3 is 0 Å². The minimum atomic E-state index is 0. The largest absolute Gasteiger partial charge is 0.312 e. The van der Waals surface area contributed by atoms with Crippen molar-refractivity contribution in [3.8, 4) is 0 Å². The van der Waals surface area contributed by atoms with Gasteiger partial charge in [0, 0.05) is 31.6 Å². The van der Waals surface area contributed by atoms with E-state index in [0.717, 1.165) is 12.0 Å². The normalized spacial score (nSPS) is 36.9. The van der Waals surface area contributed by atoms with Crippen LogP contribution in [-0.2, 0) is 0 Å². The minimum absolute atomic E-state index is 0. The topological polar surface area (TPSA) is 15.3 Å². The van der Waals surface area contributed by atoms with Gasteiger partial charge < -0.3 is 10.2 Å². The van der Waals surface area contributed by atoms with Gasteiger partial charge in [-0.1, -0.05) is 0 Å². The van der Waals surface area contributed by atoms with Gasteiger partial charge in [0.15, 0.2) is 0 Å². The van der Waals surface area contributed by atoms with E-state index in [1.165, 1.54) is 19.6 Å². The van der Waals surface area contributed by atoms with E-state index in [4.69, 9.17) is 0 Å². The van der Waals surface area contributed by atoms with Crippen LogP contribution in [0.5, 0.6) is 0 Å². The maximum absolute atomic E-state index is 3.40. The summed E-state index contributed by atoms with van der Waals surface area (Å²) in [7, 11) is 2.19. The Morgan fingerprint density at radius 1 is 1.30 bits per heavy atom. The van der Waals surface area contributed by atoms with Crippen LogP contribution in [0.25, 0.3) is 0 Å². The number of likely N-dealkylation sites (N-methyl/N-ethyl adjacent to an activating group) is 1. The number of nitrogens with one attached hydrogen (secondary N) is 1. The van der Waals surface area contributed by atoms with E-state index in [-0.39, 0.29) is 24.8 Å². The van der Waals surface area contributed by atoms with Crippen LogP contribution in [0, 0.1) is 5.92 Å². The monoisotopic (exact) mass is 184 g/mol. The van der Waals surface area contributed by atoms with E-state index < -0.39 is 0 Å². The molecule has 2 nitrogen and oxygen atoms in total. The highest BCUT2D eigenvalue weighted by atomic mass is 35.5. The summed E-state index contributed by atoms with van der Waals surface area (Å²) in [6.45, 7) is 3.84. The third-order valence-corrected chi connectivity index (χ3v) is 2.27. The van der Waals surface area contributed by atoms with Crippen LogP contribution in [0.3, 0.4) is 0 Å². The summed E-state index contributed by atoms with van der Waals surface area (Å²) in [4.78, 5) is 2.40. The molecule has 62 valence electrons. The van der Waals surface area contributed by atoms with Crippen molar-refractivity contribution in [3.63, 3.8) is 0 Å². The molecule has 0 unspecified atom stereocenters. The van der Waals surface area contributed by atoms with Crippen molar-refractivity contribution in [1.82, 2.24) is 10.2 Å². The second kappa shape index (κ2) is 3.77. The van der Waals surface area contributed by atoms with Gasteiger partial charge in [-0.05, 0) is 7.05 Å². The minimum Gasteiger partial charge on any atom is -0.312 e. The lowest BCUT2D eigenvalue weighted by atomic mass is 9.96. The average molecular weight is 185 g/mol. The highest BCUT2D eigenvalue weighted by Gasteiger charge is 2.36. The number of halogens is 2. The molecule has 2 aliphatic rings. The van der Waals surface area contributed by atoms with E-state index in [1.807, 2.05) is 0 Å². The lowest BCUT2D eigenvalue weighted by Gasteiger charge is -2.30. The van der Waals surface area contributed by atoms with Crippen molar-refractivity contribution < 1.29 is 0 Å². The van der Waals surface area contributed by atoms with Gasteiger partial charge in [-0.2, -0.15) is 0 Å². The van der Waals surface area contributed by atoms with Crippen LogP contribution in [0.4, 0.5) is 0 Å².